The van der Waals surface area contributed by atoms with Gasteiger partial charge in [0.2, 0.25) is 0 Å². The summed E-state index contributed by atoms with van der Waals surface area (Å²) in [5.74, 6) is 0.692. The maximum Gasteiger partial charge on any atom is 0.336 e. The second-order valence-electron chi connectivity index (χ2n) is 6.15. The Morgan fingerprint density at radius 3 is 3.04 bits per heavy atom. The van der Waals surface area contributed by atoms with Gasteiger partial charge in [0.15, 0.2) is 0 Å². The molecule has 124 valence electrons. The summed E-state index contributed by atoms with van der Waals surface area (Å²) in [6.45, 7) is 3.98. The monoisotopic (exact) mass is 341 g/mol. The molecule has 1 aliphatic heterocycles. The van der Waals surface area contributed by atoms with Gasteiger partial charge in [-0.15, -0.1) is 11.3 Å². The second kappa shape index (κ2) is 6.07. The van der Waals surface area contributed by atoms with Crippen LogP contribution in [0.2, 0.25) is 0 Å². The van der Waals surface area contributed by atoms with Gasteiger partial charge in [-0.1, -0.05) is 0 Å². The zero-order valence-corrected chi connectivity index (χ0v) is 14.6. The first kappa shape index (κ1) is 15.4. The van der Waals surface area contributed by atoms with Crippen molar-refractivity contribution < 1.29 is 9.15 Å². The van der Waals surface area contributed by atoms with E-state index in [1.54, 1.807) is 19.2 Å². The molecule has 3 aromatic rings. The molecule has 0 fully saturated rings. The van der Waals surface area contributed by atoms with Gasteiger partial charge in [-0.25, -0.2) is 4.79 Å². The minimum atomic E-state index is -0.313. The maximum atomic E-state index is 12.0. The Hall–Kier alpha value is -2.11. The summed E-state index contributed by atoms with van der Waals surface area (Å²) >= 11 is 1.84. The van der Waals surface area contributed by atoms with Gasteiger partial charge in [-0.3, -0.25) is 4.90 Å². The van der Waals surface area contributed by atoms with Crippen LogP contribution >= 0.6 is 11.3 Å². The molecule has 1 aromatic carbocycles. The number of rotatable bonds is 3. The predicted octanol–water partition coefficient (Wildman–Crippen LogP) is 3.98. The van der Waals surface area contributed by atoms with Gasteiger partial charge in [0.1, 0.15) is 11.3 Å². The number of hydrogen-bond donors (Lipinski definition) is 0. The van der Waals surface area contributed by atoms with E-state index in [0.29, 0.717) is 17.4 Å². The molecule has 1 atom stereocenters. The Morgan fingerprint density at radius 1 is 1.33 bits per heavy atom. The molecule has 0 aliphatic carbocycles. The summed E-state index contributed by atoms with van der Waals surface area (Å²) in [4.78, 5) is 15.9. The van der Waals surface area contributed by atoms with Gasteiger partial charge >= 0.3 is 5.63 Å². The lowest BCUT2D eigenvalue weighted by Crippen LogP contribution is -2.32. The molecular weight excluding hydrogens is 322 g/mol. The van der Waals surface area contributed by atoms with E-state index in [-0.39, 0.29) is 5.63 Å². The molecule has 0 saturated heterocycles. The molecule has 0 spiro atoms. The van der Waals surface area contributed by atoms with Crippen LogP contribution in [0.5, 0.6) is 5.75 Å². The zero-order chi connectivity index (χ0) is 16.7. The first-order valence-corrected chi connectivity index (χ1v) is 8.95. The Bertz CT molecular complexity index is 943. The van der Waals surface area contributed by atoms with Crippen LogP contribution in [0.25, 0.3) is 11.0 Å². The topological polar surface area (TPSA) is 42.7 Å². The highest BCUT2D eigenvalue weighted by Crippen LogP contribution is 2.34. The van der Waals surface area contributed by atoms with Crippen LogP contribution in [0.4, 0.5) is 0 Å². The fourth-order valence-electron chi connectivity index (χ4n) is 3.46. The van der Waals surface area contributed by atoms with Gasteiger partial charge in [-0.2, -0.15) is 0 Å². The van der Waals surface area contributed by atoms with E-state index in [0.717, 1.165) is 30.5 Å². The van der Waals surface area contributed by atoms with Gasteiger partial charge in [0.05, 0.1) is 7.11 Å². The molecule has 4 rings (SSSR count). The number of benzene rings is 1. The van der Waals surface area contributed by atoms with Crippen molar-refractivity contribution in [2.75, 3.05) is 13.7 Å². The van der Waals surface area contributed by atoms with Gasteiger partial charge in [0, 0.05) is 41.5 Å². The lowest BCUT2D eigenvalue weighted by atomic mass is 10.00. The minimum Gasteiger partial charge on any atom is -0.497 e. The molecule has 3 heterocycles. The van der Waals surface area contributed by atoms with E-state index in [1.165, 1.54) is 10.4 Å². The van der Waals surface area contributed by atoms with Crippen LogP contribution < -0.4 is 10.4 Å². The average Bonchev–Trinajstić information content (AvgIpc) is 3.06. The van der Waals surface area contributed by atoms with Crippen molar-refractivity contribution in [1.29, 1.82) is 0 Å². The van der Waals surface area contributed by atoms with E-state index in [9.17, 15) is 4.79 Å². The van der Waals surface area contributed by atoms with Crippen LogP contribution in [-0.4, -0.2) is 18.6 Å². The van der Waals surface area contributed by atoms with E-state index < -0.39 is 0 Å². The van der Waals surface area contributed by atoms with Crippen molar-refractivity contribution in [3.8, 4) is 5.75 Å². The Balaban J connectivity index is 1.71. The molecule has 0 N–H and O–H groups in total. The van der Waals surface area contributed by atoms with E-state index in [4.69, 9.17) is 9.15 Å². The predicted molar refractivity (Wildman–Crippen MR) is 95.9 cm³/mol. The van der Waals surface area contributed by atoms with Gasteiger partial charge in [-0.05, 0) is 48.1 Å². The number of methoxy groups -OCH3 is 1. The molecule has 2 aromatic heterocycles. The third-order valence-electron chi connectivity index (χ3n) is 4.81. The van der Waals surface area contributed by atoms with Crippen molar-refractivity contribution in [2.24, 2.45) is 0 Å². The molecule has 5 heteroatoms. The second-order valence-corrected chi connectivity index (χ2v) is 7.15. The van der Waals surface area contributed by atoms with Crippen LogP contribution in [0.1, 0.15) is 29.0 Å². The Kier molecular flexibility index (Phi) is 3.90. The van der Waals surface area contributed by atoms with Crippen LogP contribution in [0, 0.1) is 0 Å². The smallest absolute Gasteiger partial charge is 0.336 e. The molecule has 1 aliphatic rings. The number of hydrogen-bond acceptors (Lipinski definition) is 5. The van der Waals surface area contributed by atoms with Crippen molar-refractivity contribution >= 4 is 22.3 Å². The normalized spacial score (nSPS) is 17.8. The number of fused-ring (bicyclic) bond motifs is 2. The lowest BCUT2D eigenvalue weighted by Gasteiger charge is -2.33. The van der Waals surface area contributed by atoms with Gasteiger partial charge in [0.25, 0.3) is 0 Å². The molecule has 0 amide bonds. The number of nitrogens with zero attached hydrogens (tertiary/aromatic N) is 1. The Labute approximate surface area is 144 Å². The molecule has 0 radical (unpaired) electrons. The minimum absolute atomic E-state index is 0.313. The molecule has 4 nitrogen and oxygen atoms in total. The highest BCUT2D eigenvalue weighted by molar-refractivity contribution is 7.10. The van der Waals surface area contributed by atoms with Crippen molar-refractivity contribution in [2.45, 2.75) is 25.9 Å². The first-order chi connectivity index (χ1) is 11.7. The maximum absolute atomic E-state index is 12.0. The molecule has 0 unspecified atom stereocenters. The number of thiophene rings is 1. The SMILES string of the molecule is COc1ccc2c(CN3CCc4sccc4[C@H]3C)cc(=O)oc2c1. The zero-order valence-electron chi connectivity index (χ0n) is 13.7. The quantitative estimate of drug-likeness (QED) is 0.676. The Morgan fingerprint density at radius 2 is 2.21 bits per heavy atom. The lowest BCUT2D eigenvalue weighted by molar-refractivity contribution is 0.192. The summed E-state index contributed by atoms with van der Waals surface area (Å²) in [5, 5.41) is 3.14. The molecule has 0 bridgehead atoms. The summed E-state index contributed by atoms with van der Waals surface area (Å²) in [6.07, 6.45) is 1.07. The summed E-state index contributed by atoms with van der Waals surface area (Å²) < 4.78 is 10.6. The van der Waals surface area contributed by atoms with Crippen molar-refractivity contribution in [3.05, 3.63) is 62.1 Å². The highest BCUT2D eigenvalue weighted by Gasteiger charge is 2.25. The molecule has 24 heavy (non-hydrogen) atoms. The van der Waals surface area contributed by atoms with Gasteiger partial charge < -0.3 is 9.15 Å². The fourth-order valence-corrected chi connectivity index (χ4v) is 4.43. The standard InChI is InChI=1S/C19H19NO3S/c1-12-15-6-8-24-18(15)5-7-20(12)11-13-9-19(21)23-17-10-14(22-2)3-4-16(13)17/h3-4,6,8-10,12H,5,7,11H2,1-2H3/t12-/m1/s1. The van der Waals surface area contributed by atoms with E-state index >= 15 is 0 Å². The third kappa shape index (κ3) is 2.64. The number of ether oxygens (including phenoxy) is 1. The van der Waals surface area contributed by atoms with E-state index in [2.05, 4.69) is 23.3 Å². The van der Waals surface area contributed by atoms with Crippen LogP contribution in [0.3, 0.4) is 0 Å². The average molecular weight is 341 g/mol. The van der Waals surface area contributed by atoms with Crippen LogP contribution in [-0.2, 0) is 13.0 Å². The summed E-state index contributed by atoms with van der Waals surface area (Å²) in [7, 11) is 1.61. The fraction of sp³-hybridized carbons (Fsp3) is 0.316. The summed E-state index contributed by atoms with van der Waals surface area (Å²) in [5.41, 5.74) is 2.69. The van der Waals surface area contributed by atoms with Crippen molar-refractivity contribution in [1.82, 2.24) is 4.90 Å². The molecular formula is C19H19NO3S. The molecule has 0 saturated carbocycles. The van der Waals surface area contributed by atoms with Crippen molar-refractivity contribution in [3.63, 3.8) is 0 Å². The largest absolute Gasteiger partial charge is 0.497 e. The van der Waals surface area contributed by atoms with E-state index in [1.807, 2.05) is 23.5 Å². The highest BCUT2D eigenvalue weighted by atomic mass is 32.1. The third-order valence-corrected chi connectivity index (χ3v) is 5.81. The summed E-state index contributed by atoms with van der Waals surface area (Å²) in [6, 6.07) is 9.85. The first-order valence-electron chi connectivity index (χ1n) is 8.07. The van der Waals surface area contributed by atoms with Crippen LogP contribution in [0.15, 0.2) is 44.9 Å².